The highest BCUT2D eigenvalue weighted by Crippen LogP contribution is 2.22. The average molecular weight is 395 g/mol. The number of aromatic nitrogens is 2. The maximum absolute atomic E-state index is 12.8. The highest BCUT2D eigenvalue weighted by Gasteiger charge is 2.24. The van der Waals surface area contributed by atoms with Crippen molar-refractivity contribution < 1.29 is 9.59 Å². The molecule has 1 aliphatic rings. The van der Waals surface area contributed by atoms with Crippen LogP contribution in [0.3, 0.4) is 0 Å². The number of nitrogens with one attached hydrogen (secondary N) is 1. The van der Waals surface area contributed by atoms with E-state index in [9.17, 15) is 9.59 Å². The number of hydrogen-bond donors (Lipinski definition) is 1. The van der Waals surface area contributed by atoms with E-state index in [0.717, 1.165) is 41.9 Å². The van der Waals surface area contributed by atoms with E-state index in [0.29, 0.717) is 11.3 Å². The highest BCUT2D eigenvalue weighted by atomic mass is 16.2. The first-order valence-corrected chi connectivity index (χ1v) is 10.2. The van der Waals surface area contributed by atoms with Crippen molar-refractivity contribution in [3.05, 3.63) is 52.4 Å². The van der Waals surface area contributed by atoms with Crippen molar-refractivity contribution in [2.75, 3.05) is 11.9 Å². The van der Waals surface area contributed by atoms with E-state index in [1.165, 1.54) is 12.5 Å². The van der Waals surface area contributed by atoms with E-state index in [1.807, 2.05) is 44.9 Å². The molecule has 1 aliphatic heterocycles. The molecular formula is C23H30N4O2. The fourth-order valence-electron chi connectivity index (χ4n) is 3.87. The summed E-state index contributed by atoms with van der Waals surface area (Å²) in [5.74, 6) is -0.139. The topological polar surface area (TPSA) is 67.2 Å². The second-order valence-electron chi connectivity index (χ2n) is 7.90. The van der Waals surface area contributed by atoms with Gasteiger partial charge in [0.1, 0.15) is 0 Å². The third-order valence-electron chi connectivity index (χ3n) is 5.76. The Balaban J connectivity index is 1.69. The summed E-state index contributed by atoms with van der Waals surface area (Å²) in [4.78, 5) is 27.2. The van der Waals surface area contributed by atoms with Gasteiger partial charge in [0.25, 0.3) is 5.91 Å². The lowest BCUT2D eigenvalue weighted by atomic mass is 10.0. The van der Waals surface area contributed by atoms with E-state index in [4.69, 9.17) is 0 Å². The van der Waals surface area contributed by atoms with Crippen LogP contribution in [0.25, 0.3) is 6.08 Å². The molecular weight excluding hydrogens is 364 g/mol. The number of carbonyl (C=O) groups is 2. The average Bonchev–Trinajstić information content (AvgIpc) is 2.93. The van der Waals surface area contributed by atoms with Crippen LogP contribution in [0.15, 0.2) is 24.3 Å². The summed E-state index contributed by atoms with van der Waals surface area (Å²) in [7, 11) is 1.89. The second kappa shape index (κ2) is 8.64. The zero-order valence-corrected chi connectivity index (χ0v) is 18.0. The van der Waals surface area contributed by atoms with Crippen molar-refractivity contribution in [1.29, 1.82) is 0 Å². The molecule has 1 aromatic heterocycles. The molecule has 6 nitrogen and oxygen atoms in total. The number of likely N-dealkylation sites (tertiary alicyclic amines) is 1. The molecule has 1 fully saturated rings. The number of amides is 2. The predicted molar refractivity (Wildman–Crippen MR) is 116 cm³/mol. The highest BCUT2D eigenvalue weighted by molar-refractivity contribution is 6.03. The first kappa shape index (κ1) is 20.8. The fraction of sp³-hybridized carbons (Fsp3) is 0.435. The van der Waals surface area contributed by atoms with E-state index < -0.39 is 0 Å². The molecule has 6 heteroatoms. The summed E-state index contributed by atoms with van der Waals surface area (Å²) in [6.07, 6.45) is 6.61. The Morgan fingerprint density at radius 2 is 1.97 bits per heavy atom. The minimum Gasteiger partial charge on any atom is -0.336 e. The largest absolute Gasteiger partial charge is 0.336 e. The van der Waals surface area contributed by atoms with Crippen molar-refractivity contribution in [2.45, 2.75) is 53.0 Å². The van der Waals surface area contributed by atoms with Gasteiger partial charge in [-0.2, -0.15) is 5.10 Å². The van der Waals surface area contributed by atoms with Crippen LogP contribution >= 0.6 is 0 Å². The van der Waals surface area contributed by atoms with E-state index >= 15 is 0 Å². The zero-order valence-electron chi connectivity index (χ0n) is 18.0. The summed E-state index contributed by atoms with van der Waals surface area (Å²) in [5, 5.41) is 7.26. The molecule has 1 unspecified atom stereocenters. The molecule has 0 bridgehead atoms. The Morgan fingerprint density at radius 1 is 1.21 bits per heavy atom. The van der Waals surface area contributed by atoms with Crippen LogP contribution in [0.5, 0.6) is 0 Å². The SMILES string of the molecule is Cc1cc(C(=O)N2CCCCC2C)ccc1NC(=O)/C=C/c1c(C)nn(C)c1C. The van der Waals surface area contributed by atoms with Gasteiger partial charge in [-0.25, -0.2) is 0 Å². The van der Waals surface area contributed by atoms with Crippen LogP contribution in [-0.4, -0.2) is 39.1 Å². The monoisotopic (exact) mass is 394 g/mol. The molecule has 0 aliphatic carbocycles. The van der Waals surface area contributed by atoms with Gasteiger partial charge in [0, 0.05) is 48.2 Å². The number of hydrogen-bond acceptors (Lipinski definition) is 3. The van der Waals surface area contributed by atoms with Crippen LogP contribution in [0.4, 0.5) is 5.69 Å². The van der Waals surface area contributed by atoms with Crippen molar-refractivity contribution in [3.63, 3.8) is 0 Å². The summed E-state index contributed by atoms with van der Waals surface area (Å²) in [5.41, 5.74) is 5.11. The van der Waals surface area contributed by atoms with Crippen molar-refractivity contribution in [2.24, 2.45) is 7.05 Å². The number of piperidine rings is 1. The Kier molecular flexibility index (Phi) is 6.20. The number of nitrogens with zero attached hydrogens (tertiary/aromatic N) is 3. The number of benzene rings is 1. The van der Waals surface area contributed by atoms with Crippen molar-refractivity contribution in [3.8, 4) is 0 Å². The van der Waals surface area contributed by atoms with Gasteiger partial charge in [0.2, 0.25) is 5.91 Å². The van der Waals surface area contributed by atoms with Gasteiger partial charge < -0.3 is 10.2 Å². The summed E-state index contributed by atoms with van der Waals surface area (Å²) >= 11 is 0. The molecule has 1 aromatic carbocycles. The summed E-state index contributed by atoms with van der Waals surface area (Å²) in [6.45, 7) is 8.73. The molecule has 0 spiro atoms. The first-order chi connectivity index (χ1) is 13.8. The van der Waals surface area contributed by atoms with Crippen LogP contribution in [0, 0.1) is 20.8 Å². The van der Waals surface area contributed by atoms with Crippen molar-refractivity contribution >= 4 is 23.6 Å². The molecule has 2 aromatic rings. The quantitative estimate of drug-likeness (QED) is 0.797. The normalized spacial score (nSPS) is 17.0. The number of aryl methyl sites for hydroxylation is 3. The fourth-order valence-corrected chi connectivity index (χ4v) is 3.87. The maximum Gasteiger partial charge on any atom is 0.254 e. The Morgan fingerprint density at radius 3 is 2.59 bits per heavy atom. The van der Waals surface area contributed by atoms with Crippen LogP contribution in [0.1, 0.15) is 59.1 Å². The molecule has 0 saturated carbocycles. The number of carbonyl (C=O) groups excluding carboxylic acids is 2. The van der Waals surface area contributed by atoms with Gasteiger partial charge in [-0.05, 0) is 76.8 Å². The van der Waals surface area contributed by atoms with Gasteiger partial charge in [0.15, 0.2) is 0 Å². The molecule has 3 rings (SSSR count). The molecule has 2 amide bonds. The summed E-state index contributed by atoms with van der Waals surface area (Å²) < 4.78 is 1.80. The standard InChI is InChI=1S/C23H30N4O2/c1-15-14-19(23(29)27-13-7-6-8-16(27)2)9-11-21(15)24-22(28)12-10-20-17(3)25-26(5)18(20)4/h9-12,14,16H,6-8,13H2,1-5H3,(H,24,28)/b12-10+. The minimum atomic E-state index is -0.209. The molecule has 0 radical (unpaired) electrons. The third-order valence-corrected chi connectivity index (χ3v) is 5.76. The summed E-state index contributed by atoms with van der Waals surface area (Å²) in [6, 6.07) is 5.74. The Bertz CT molecular complexity index is 958. The third kappa shape index (κ3) is 4.58. The number of anilines is 1. The molecule has 1 saturated heterocycles. The zero-order chi connectivity index (χ0) is 21.1. The molecule has 29 heavy (non-hydrogen) atoms. The molecule has 154 valence electrons. The van der Waals surface area contributed by atoms with E-state index in [2.05, 4.69) is 17.3 Å². The van der Waals surface area contributed by atoms with Gasteiger partial charge in [-0.1, -0.05) is 0 Å². The molecule has 1 atom stereocenters. The lowest BCUT2D eigenvalue weighted by Crippen LogP contribution is -2.42. The van der Waals surface area contributed by atoms with E-state index in [1.54, 1.807) is 16.8 Å². The van der Waals surface area contributed by atoms with Crippen molar-refractivity contribution in [1.82, 2.24) is 14.7 Å². The van der Waals surface area contributed by atoms with Crippen LogP contribution in [-0.2, 0) is 11.8 Å². The second-order valence-corrected chi connectivity index (χ2v) is 7.90. The lowest BCUT2D eigenvalue weighted by Gasteiger charge is -2.33. The van der Waals surface area contributed by atoms with Gasteiger partial charge >= 0.3 is 0 Å². The maximum atomic E-state index is 12.8. The van der Waals surface area contributed by atoms with Gasteiger partial charge in [-0.3, -0.25) is 14.3 Å². The van der Waals surface area contributed by atoms with Gasteiger partial charge in [0.05, 0.1) is 5.69 Å². The molecule has 1 N–H and O–H groups in total. The lowest BCUT2D eigenvalue weighted by molar-refractivity contribution is -0.111. The number of rotatable bonds is 4. The predicted octanol–water partition coefficient (Wildman–Crippen LogP) is 4.01. The first-order valence-electron chi connectivity index (χ1n) is 10.2. The minimum absolute atomic E-state index is 0.0700. The molecule has 2 heterocycles. The van der Waals surface area contributed by atoms with Crippen LogP contribution < -0.4 is 5.32 Å². The van der Waals surface area contributed by atoms with Gasteiger partial charge in [-0.15, -0.1) is 0 Å². The van der Waals surface area contributed by atoms with E-state index in [-0.39, 0.29) is 17.9 Å². The Labute approximate surface area is 172 Å². The Hall–Kier alpha value is -2.89. The smallest absolute Gasteiger partial charge is 0.254 e. The van der Waals surface area contributed by atoms with Crippen LogP contribution in [0.2, 0.25) is 0 Å².